The Hall–Kier alpha value is -1.03. The Morgan fingerprint density at radius 1 is 1.50 bits per heavy atom. The number of imidazole rings is 1. The van der Waals surface area contributed by atoms with E-state index in [0.717, 1.165) is 25.8 Å². The van der Waals surface area contributed by atoms with Gasteiger partial charge in [0.25, 0.3) is 5.91 Å². The van der Waals surface area contributed by atoms with Gasteiger partial charge in [-0.1, -0.05) is 6.42 Å². The molecule has 90 valence electrons. The number of nitrogens with zero attached hydrogens (tertiary/aromatic N) is 3. The maximum atomic E-state index is 11.9. The average molecular weight is 244 g/mol. The van der Waals surface area contributed by atoms with Crippen LogP contribution in [-0.2, 0) is 7.05 Å². The zero-order valence-corrected chi connectivity index (χ0v) is 10.6. The number of amides is 1. The fourth-order valence-corrected chi connectivity index (χ4v) is 1.67. The van der Waals surface area contributed by atoms with Crippen LogP contribution in [0.5, 0.6) is 0 Å². The summed E-state index contributed by atoms with van der Waals surface area (Å²) in [6, 6.07) is 0. The Balaban J connectivity index is 2.40. The number of hydrogen-bond donors (Lipinski definition) is 0. The van der Waals surface area contributed by atoms with Crippen LogP contribution in [0.1, 0.15) is 29.8 Å². The molecule has 0 aliphatic carbocycles. The van der Waals surface area contributed by atoms with E-state index in [1.807, 2.05) is 14.1 Å². The molecule has 4 nitrogen and oxygen atoms in total. The standard InChI is InChI=1S/C11H18ClN3O/c1-14(7-5-3-4-6-12)11(16)10-8-13-9-15(10)2/h8-9H,3-7H2,1-2H3. The summed E-state index contributed by atoms with van der Waals surface area (Å²) >= 11 is 5.59. The first-order chi connectivity index (χ1) is 7.66. The van der Waals surface area contributed by atoms with E-state index < -0.39 is 0 Å². The van der Waals surface area contributed by atoms with Gasteiger partial charge in [-0.15, -0.1) is 11.6 Å². The number of unbranched alkanes of at least 4 members (excludes halogenated alkanes) is 2. The largest absolute Gasteiger partial charge is 0.340 e. The van der Waals surface area contributed by atoms with E-state index in [-0.39, 0.29) is 5.91 Å². The van der Waals surface area contributed by atoms with Gasteiger partial charge in [-0.2, -0.15) is 0 Å². The maximum Gasteiger partial charge on any atom is 0.271 e. The van der Waals surface area contributed by atoms with E-state index in [1.54, 1.807) is 22.0 Å². The van der Waals surface area contributed by atoms with Crippen molar-refractivity contribution in [1.29, 1.82) is 0 Å². The van der Waals surface area contributed by atoms with Gasteiger partial charge in [0, 0.05) is 26.5 Å². The molecule has 1 aromatic heterocycles. The van der Waals surface area contributed by atoms with Crippen LogP contribution in [0.25, 0.3) is 0 Å². The lowest BCUT2D eigenvalue weighted by Gasteiger charge is -2.16. The van der Waals surface area contributed by atoms with Gasteiger partial charge in [0.15, 0.2) is 0 Å². The minimum atomic E-state index is 0.0193. The quantitative estimate of drug-likeness (QED) is 0.565. The third-order valence-electron chi connectivity index (χ3n) is 2.51. The summed E-state index contributed by atoms with van der Waals surface area (Å²) in [5, 5.41) is 0. The molecule has 0 saturated heterocycles. The van der Waals surface area contributed by atoms with Crippen molar-refractivity contribution in [3.05, 3.63) is 18.2 Å². The Morgan fingerprint density at radius 3 is 2.81 bits per heavy atom. The Kier molecular flexibility index (Phi) is 5.32. The highest BCUT2D eigenvalue weighted by Gasteiger charge is 2.14. The molecule has 0 unspecified atom stereocenters. The number of halogens is 1. The normalized spacial score (nSPS) is 10.4. The monoisotopic (exact) mass is 243 g/mol. The van der Waals surface area contributed by atoms with Crippen molar-refractivity contribution in [3.63, 3.8) is 0 Å². The summed E-state index contributed by atoms with van der Waals surface area (Å²) in [5.41, 5.74) is 0.625. The van der Waals surface area contributed by atoms with Crippen LogP contribution in [0.4, 0.5) is 0 Å². The van der Waals surface area contributed by atoms with E-state index in [2.05, 4.69) is 4.98 Å². The smallest absolute Gasteiger partial charge is 0.271 e. The third-order valence-corrected chi connectivity index (χ3v) is 2.78. The number of alkyl halides is 1. The third kappa shape index (κ3) is 3.52. The van der Waals surface area contributed by atoms with E-state index in [0.29, 0.717) is 11.6 Å². The summed E-state index contributed by atoms with van der Waals surface area (Å²) in [4.78, 5) is 17.6. The predicted octanol–water partition coefficient (Wildman–Crippen LogP) is 1.90. The van der Waals surface area contributed by atoms with E-state index in [9.17, 15) is 4.79 Å². The van der Waals surface area contributed by atoms with Gasteiger partial charge in [0.2, 0.25) is 0 Å². The molecule has 0 aliphatic rings. The highest BCUT2D eigenvalue weighted by molar-refractivity contribution is 6.17. The molecule has 0 fully saturated rings. The lowest BCUT2D eigenvalue weighted by atomic mass is 10.2. The first-order valence-corrected chi connectivity index (χ1v) is 5.98. The SMILES string of the molecule is CN(CCCCCCl)C(=O)c1cncn1C. The van der Waals surface area contributed by atoms with Crippen molar-refractivity contribution in [2.75, 3.05) is 19.5 Å². The fourth-order valence-electron chi connectivity index (χ4n) is 1.48. The van der Waals surface area contributed by atoms with Crippen molar-refractivity contribution in [2.45, 2.75) is 19.3 Å². The molecular weight excluding hydrogens is 226 g/mol. The second kappa shape index (κ2) is 6.53. The number of carbonyl (C=O) groups is 1. The van der Waals surface area contributed by atoms with Gasteiger partial charge in [-0.25, -0.2) is 4.98 Å². The van der Waals surface area contributed by atoms with Gasteiger partial charge in [-0.3, -0.25) is 4.79 Å². The molecule has 1 amide bonds. The molecule has 0 atom stereocenters. The first-order valence-electron chi connectivity index (χ1n) is 5.44. The molecule has 16 heavy (non-hydrogen) atoms. The van der Waals surface area contributed by atoms with Gasteiger partial charge in [0.1, 0.15) is 5.69 Å². The van der Waals surface area contributed by atoms with Crippen molar-refractivity contribution in [2.24, 2.45) is 7.05 Å². The number of carbonyl (C=O) groups excluding carboxylic acids is 1. The average Bonchev–Trinajstić information content (AvgIpc) is 2.69. The number of hydrogen-bond acceptors (Lipinski definition) is 2. The van der Waals surface area contributed by atoms with E-state index in [4.69, 9.17) is 11.6 Å². The molecule has 1 rings (SSSR count). The van der Waals surface area contributed by atoms with Gasteiger partial charge in [-0.05, 0) is 12.8 Å². The summed E-state index contributed by atoms with van der Waals surface area (Å²) in [6.45, 7) is 0.765. The van der Waals surface area contributed by atoms with Crippen molar-refractivity contribution >= 4 is 17.5 Å². The Bertz CT molecular complexity index is 338. The summed E-state index contributed by atoms with van der Waals surface area (Å²) < 4.78 is 1.73. The topological polar surface area (TPSA) is 38.1 Å². The lowest BCUT2D eigenvalue weighted by molar-refractivity contribution is 0.0783. The minimum absolute atomic E-state index is 0.0193. The first kappa shape index (κ1) is 13.0. The van der Waals surface area contributed by atoms with E-state index >= 15 is 0 Å². The highest BCUT2D eigenvalue weighted by atomic mass is 35.5. The molecule has 0 radical (unpaired) electrons. The highest BCUT2D eigenvalue weighted by Crippen LogP contribution is 2.04. The molecule has 1 heterocycles. The molecule has 0 N–H and O–H groups in total. The van der Waals surface area contributed by atoms with Crippen LogP contribution >= 0.6 is 11.6 Å². The predicted molar refractivity (Wildman–Crippen MR) is 64.7 cm³/mol. The second-order valence-electron chi connectivity index (χ2n) is 3.87. The molecule has 0 aromatic carbocycles. The lowest BCUT2D eigenvalue weighted by Crippen LogP contribution is -2.29. The zero-order valence-electron chi connectivity index (χ0n) is 9.82. The van der Waals surface area contributed by atoms with Crippen LogP contribution < -0.4 is 0 Å². The second-order valence-corrected chi connectivity index (χ2v) is 4.24. The van der Waals surface area contributed by atoms with Gasteiger partial charge >= 0.3 is 0 Å². The number of aromatic nitrogens is 2. The van der Waals surface area contributed by atoms with Gasteiger partial charge < -0.3 is 9.47 Å². The summed E-state index contributed by atoms with van der Waals surface area (Å²) in [7, 11) is 3.64. The molecular formula is C11H18ClN3O. The molecule has 5 heteroatoms. The summed E-state index contributed by atoms with van der Waals surface area (Å²) in [5.74, 6) is 0.713. The molecule has 0 spiro atoms. The fraction of sp³-hybridized carbons (Fsp3) is 0.636. The molecule has 0 saturated carbocycles. The van der Waals surface area contributed by atoms with Crippen LogP contribution in [0.2, 0.25) is 0 Å². The van der Waals surface area contributed by atoms with Crippen LogP contribution in [0, 0.1) is 0 Å². The number of aryl methyl sites for hydroxylation is 1. The Labute approximate surface area is 101 Å². The van der Waals surface area contributed by atoms with Crippen LogP contribution in [-0.4, -0.2) is 39.8 Å². The summed E-state index contributed by atoms with van der Waals surface area (Å²) in [6.07, 6.45) is 6.29. The zero-order chi connectivity index (χ0) is 12.0. The minimum Gasteiger partial charge on any atom is -0.340 e. The van der Waals surface area contributed by atoms with Crippen molar-refractivity contribution < 1.29 is 4.79 Å². The van der Waals surface area contributed by atoms with Crippen molar-refractivity contribution in [1.82, 2.24) is 14.5 Å². The van der Waals surface area contributed by atoms with Crippen LogP contribution in [0.15, 0.2) is 12.5 Å². The molecule has 0 aliphatic heterocycles. The van der Waals surface area contributed by atoms with E-state index in [1.165, 1.54) is 0 Å². The maximum absolute atomic E-state index is 11.9. The number of rotatable bonds is 6. The van der Waals surface area contributed by atoms with Crippen molar-refractivity contribution in [3.8, 4) is 0 Å². The molecule has 0 bridgehead atoms. The van der Waals surface area contributed by atoms with Crippen LogP contribution in [0.3, 0.4) is 0 Å². The Morgan fingerprint density at radius 2 is 2.25 bits per heavy atom. The van der Waals surface area contributed by atoms with Gasteiger partial charge in [0.05, 0.1) is 12.5 Å². The molecule has 1 aromatic rings.